The summed E-state index contributed by atoms with van der Waals surface area (Å²) in [6, 6.07) is 0. The Hall–Kier alpha value is -0.420. The SMILES string of the molecule is O=C(CS(=O)C1CCCCC1)N1CCNCC1. The molecule has 2 fully saturated rings. The summed E-state index contributed by atoms with van der Waals surface area (Å²) < 4.78 is 12.1. The fourth-order valence-electron chi connectivity index (χ4n) is 2.57. The zero-order chi connectivity index (χ0) is 12.1. The van der Waals surface area contributed by atoms with Gasteiger partial charge in [0.1, 0.15) is 5.75 Å². The Morgan fingerprint density at radius 3 is 2.47 bits per heavy atom. The molecule has 1 amide bonds. The minimum atomic E-state index is -0.950. The summed E-state index contributed by atoms with van der Waals surface area (Å²) in [7, 11) is -0.950. The van der Waals surface area contributed by atoms with Crippen LogP contribution in [-0.4, -0.2) is 52.2 Å². The van der Waals surface area contributed by atoms with Crippen molar-refractivity contribution in [2.75, 3.05) is 31.9 Å². The molecule has 1 heterocycles. The van der Waals surface area contributed by atoms with Crippen LogP contribution in [0.15, 0.2) is 0 Å². The van der Waals surface area contributed by atoms with Crippen LogP contribution in [0.5, 0.6) is 0 Å². The van der Waals surface area contributed by atoms with Crippen molar-refractivity contribution >= 4 is 16.7 Å². The average molecular weight is 258 g/mol. The molecular formula is C12H22N2O2S. The van der Waals surface area contributed by atoms with Gasteiger partial charge in [-0.05, 0) is 12.8 Å². The summed E-state index contributed by atoms with van der Waals surface area (Å²) in [5.41, 5.74) is 0. The Morgan fingerprint density at radius 2 is 1.82 bits per heavy atom. The van der Waals surface area contributed by atoms with Gasteiger partial charge < -0.3 is 10.2 Å². The molecule has 98 valence electrons. The zero-order valence-corrected chi connectivity index (χ0v) is 11.1. The molecule has 0 bridgehead atoms. The van der Waals surface area contributed by atoms with Crippen LogP contribution in [-0.2, 0) is 15.6 Å². The fraction of sp³-hybridized carbons (Fsp3) is 0.917. The number of carbonyl (C=O) groups is 1. The molecule has 0 radical (unpaired) electrons. The van der Waals surface area contributed by atoms with Gasteiger partial charge in [0, 0.05) is 42.2 Å². The molecule has 0 aromatic rings. The summed E-state index contributed by atoms with van der Waals surface area (Å²) in [4.78, 5) is 13.8. The van der Waals surface area contributed by atoms with E-state index < -0.39 is 10.8 Å². The minimum absolute atomic E-state index is 0.0791. The predicted octanol–water partition coefficient (Wildman–Crippen LogP) is 0.500. The topological polar surface area (TPSA) is 49.4 Å². The normalized spacial score (nSPS) is 24.6. The van der Waals surface area contributed by atoms with Gasteiger partial charge in [-0.3, -0.25) is 9.00 Å². The lowest BCUT2D eigenvalue weighted by Gasteiger charge is -2.28. The molecule has 1 N–H and O–H groups in total. The predicted molar refractivity (Wildman–Crippen MR) is 69.3 cm³/mol. The van der Waals surface area contributed by atoms with Gasteiger partial charge in [0.2, 0.25) is 5.91 Å². The first-order chi connectivity index (χ1) is 8.27. The first kappa shape index (κ1) is 13.0. The maximum atomic E-state index is 12.1. The van der Waals surface area contributed by atoms with Gasteiger partial charge in [0.15, 0.2) is 0 Å². The van der Waals surface area contributed by atoms with E-state index in [0.717, 1.165) is 39.0 Å². The lowest BCUT2D eigenvalue weighted by atomic mass is 10.0. The molecule has 1 aliphatic heterocycles. The van der Waals surface area contributed by atoms with E-state index in [1.165, 1.54) is 19.3 Å². The van der Waals surface area contributed by atoms with Crippen molar-refractivity contribution in [3.8, 4) is 0 Å². The van der Waals surface area contributed by atoms with E-state index in [1.807, 2.05) is 4.90 Å². The summed E-state index contributed by atoms with van der Waals surface area (Å²) in [5, 5.41) is 3.49. The molecule has 1 unspecified atom stereocenters. The molecule has 1 aliphatic carbocycles. The van der Waals surface area contributed by atoms with Crippen molar-refractivity contribution in [2.24, 2.45) is 0 Å². The smallest absolute Gasteiger partial charge is 0.235 e. The molecule has 1 atom stereocenters. The van der Waals surface area contributed by atoms with E-state index in [1.54, 1.807) is 0 Å². The maximum absolute atomic E-state index is 12.1. The molecule has 0 aromatic carbocycles. The second-order valence-electron chi connectivity index (χ2n) is 4.92. The highest BCUT2D eigenvalue weighted by atomic mass is 32.2. The molecule has 1 saturated heterocycles. The zero-order valence-electron chi connectivity index (χ0n) is 10.3. The van der Waals surface area contributed by atoms with Crippen molar-refractivity contribution in [2.45, 2.75) is 37.4 Å². The molecule has 0 spiro atoms. The van der Waals surface area contributed by atoms with Gasteiger partial charge in [-0.2, -0.15) is 0 Å². The highest BCUT2D eigenvalue weighted by Crippen LogP contribution is 2.22. The van der Waals surface area contributed by atoms with E-state index in [0.29, 0.717) is 0 Å². The third kappa shape index (κ3) is 3.78. The van der Waals surface area contributed by atoms with Gasteiger partial charge in [-0.1, -0.05) is 19.3 Å². The largest absolute Gasteiger partial charge is 0.339 e. The van der Waals surface area contributed by atoms with Crippen LogP contribution in [0.2, 0.25) is 0 Å². The number of nitrogens with one attached hydrogen (secondary N) is 1. The van der Waals surface area contributed by atoms with Crippen molar-refractivity contribution in [3.63, 3.8) is 0 Å². The number of nitrogens with zero attached hydrogens (tertiary/aromatic N) is 1. The van der Waals surface area contributed by atoms with E-state index in [2.05, 4.69) is 5.32 Å². The van der Waals surface area contributed by atoms with Crippen molar-refractivity contribution < 1.29 is 9.00 Å². The second kappa shape index (κ2) is 6.50. The highest BCUT2D eigenvalue weighted by molar-refractivity contribution is 7.86. The number of hydrogen-bond acceptors (Lipinski definition) is 3. The van der Waals surface area contributed by atoms with Gasteiger partial charge >= 0.3 is 0 Å². The van der Waals surface area contributed by atoms with Crippen LogP contribution >= 0.6 is 0 Å². The molecule has 2 rings (SSSR count). The molecular weight excluding hydrogens is 236 g/mol. The van der Waals surface area contributed by atoms with Gasteiger partial charge in [-0.15, -0.1) is 0 Å². The lowest BCUT2D eigenvalue weighted by Crippen LogP contribution is -2.48. The Labute approximate surface area is 106 Å². The van der Waals surface area contributed by atoms with Gasteiger partial charge in [-0.25, -0.2) is 0 Å². The van der Waals surface area contributed by atoms with Crippen LogP contribution in [0.1, 0.15) is 32.1 Å². The quantitative estimate of drug-likeness (QED) is 0.802. The lowest BCUT2D eigenvalue weighted by molar-refractivity contribution is -0.128. The van der Waals surface area contributed by atoms with Gasteiger partial charge in [0.05, 0.1) is 0 Å². The monoisotopic (exact) mass is 258 g/mol. The number of piperazine rings is 1. The van der Waals surface area contributed by atoms with Crippen LogP contribution in [0, 0.1) is 0 Å². The van der Waals surface area contributed by atoms with E-state index in [4.69, 9.17) is 0 Å². The molecule has 4 nitrogen and oxygen atoms in total. The number of carbonyl (C=O) groups excluding carboxylic acids is 1. The van der Waals surface area contributed by atoms with E-state index in [9.17, 15) is 9.00 Å². The second-order valence-corrected chi connectivity index (χ2v) is 6.63. The van der Waals surface area contributed by atoms with Gasteiger partial charge in [0.25, 0.3) is 0 Å². The average Bonchev–Trinajstić information content (AvgIpc) is 2.40. The van der Waals surface area contributed by atoms with Crippen molar-refractivity contribution in [3.05, 3.63) is 0 Å². The molecule has 0 aromatic heterocycles. The minimum Gasteiger partial charge on any atom is -0.339 e. The molecule has 17 heavy (non-hydrogen) atoms. The number of rotatable bonds is 3. The molecule has 1 saturated carbocycles. The summed E-state index contributed by atoms with van der Waals surface area (Å²) in [6.07, 6.45) is 5.71. The van der Waals surface area contributed by atoms with Crippen LogP contribution in [0.3, 0.4) is 0 Å². The third-order valence-electron chi connectivity index (χ3n) is 3.66. The molecule has 2 aliphatic rings. The standard InChI is InChI=1S/C12H22N2O2S/c15-12(14-8-6-13-7-9-14)10-17(16)11-4-2-1-3-5-11/h11,13H,1-10H2. The number of amides is 1. The summed E-state index contributed by atoms with van der Waals surface area (Å²) in [5.74, 6) is 0.320. The summed E-state index contributed by atoms with van der Waals surface area (Å²) in [6.45, 7) is 3.25. The molecule has 5 heteroatoms. The Kier molecular flexibility index (Phi) is 4.98. The highest BCUT2D eigenvalue weighted by Gasteiger charge is 2.24. The summed E-state index contributed by atoms with van der Waals surface area (Å²) >= 11 is 0. The van der Waals surface area contributed by atoms with Crippen molar-refractivity contribution in [1.82, 2.24) is 10.2 Å². The van der Waals surface area contributed by atoms with Crippen molar-refractivity contribution in [1.29, 1.82) is 0 Å². The fourth-order valence-corrected chi connectivity index (χ4v) is 4.09. The van der Waals surface area contributed by atoms with Crippen LogP contribution in [0.25, 0.3) is 0 Å². The Balaban J connectivity index is 1.78. The first-order valence-corrected chi connectivity index (χ1v) is 8.01. The maximum Gasteiger partial charge on any atom is 0.235 e. The van der Waals surface area contributed by atoms with Crippen LogP contribution < -0.4 is 5.32 Å². The van der Waals surface area contributed by atoms with E-state index >= 15 is 0 Å². The Morgan fingerprint density at radius 1 is 1.18 bits per heavy atom. The van der Waals surface area contributed by atoms with E-state index in [-0.39, 0.29) is 16.9 Å². The Bertz CT molecular complexity index is 256. The first-order valence-electron chi connectivity index (χ1n) is 6.63. The third-order valence-corrected chi connectivity index (χ3v) is 5.41. The number of hydrogen-bond donors (Lipinski definition) is 1. The van der Waals surface area contributed by atoms with Crippen LogP contribution in [0.4, 0.5) is 0 Å².